The molecule has 0 atom stereocenters. The molecular weight excluding hydrogens is 366 g/mol. The molecule has 0 aliphatic carbocycles. The Kier molecular flexibility index (Phi) is 4.75. The van der Waals surface area contributed by atoms with Crippen LogP contribution in [-0.4, -0.2) is 37.4 Å². The first-order valence-electron chi connectivity index (χ1n) is 8.02. The molecule has 27 heavy (non-hydrogen) atoms. The number of phenolic OH excluding ortho intramolecular Hbond substituents is 1. The van der Waals surface area contributed by atoms with Gasteiger partial charge >= 0.3 is 0 Å². The smallest absolute Gasteiger partial charge is 0.226 e. The predicted molar refractivity (Wildman–Crippen MR) is 98.9 cm³/mol. The van der Waals surface area contributed by atoms with Crippen molar-refractivity contribution in [3.8, 4) is 28.6 Å². The second-order valence-electron chi connectivity index (χ2n) is 5.55. The lowest BCUT2D eigenvalue weighted by Gasteiger charge is -2.03. The number of nitrogens with zero attached hydrogens (tertiary/aromatic N) is 5. The number of benzene rings is 2. The third-order valence-electron chi connectivity index (χ3n) is 3.77. The van der Waals surface area contributed by atoms with Gasteiger partial charge in [0.2, 0.25) is 11.0 Å². The maximum Gasteiger partial charge on any atom is 0.226 e. The number of oxazole rings is 1. The van der Waals surface area contributed by atoms with E-state index in [0.717, 1.165) is 22.7 Å². The van der Waals surface area contributed by atoms with Gasteiger partial charge < -0.3 is 14.3 Å². The highest BCUT2D eigenvalue weighted by Gasteiger charge is 2.12. The number of rotatable bonds is 6. The molecule has 8 nitrogen and oxygen atoms in total. The van der Waals surface area contributed by atoms with Crippen molar-refractivity contribution in [3.05, 3.63) is 60.5 Å². The van der Waals surface area contributed by atoms with E-state index in [1.807, 2.05) is 24.3 Å². The highest BCUT2D eigenvalue weighted by Crippen LogP contribution is 2.26. The van der Waals surface area contributed by atoms with Crippen LogP contribution in [0.5, 0.6) is 11.5 Å². The lowest BCUT2D eigenvalue weighted by Crippen LogP contribution is -1.98. The number of thioether (sulfide) groups is 1. The third kappa shape index (κ3) is 3.77. The standard InChI is InChI=1S/C18H15N5O3S/c1-25-16-8-2-12(3-9-16)17-19-13(10-26-17)11-27-18-20-21-22-23(18)14-4-6-15(24)7-5-14/h2-10,24H,11H2,1H3. The van der Waals surface area contributed by atoms with E-state index in [-0.39, 0.29) is 5.75 Å². The van der Waals surface area contributed by atoms with Crippen LogP contribution in [0.2, 0.25) is 0 Å². The Hall–Kier alpha value is -3.33. The van der Waals surface area contributed by atoms with Gasteiger partial charge in [0.05, 0.1) is 18.5 Å². The van der Waals surface area contributed by atoms with Crippen LogP contribution in [0.4, 0.5) is 0 Å². The zero-order chi connectivity index (χ0) is 18.6. The fourth-order valence-corrected chi connectivity index (χ4v) is 3.17. The van der Waals surface area contributed by atoms with Gasteiger partial charge in [-0.05, 0) is 59.0 Å². The Labute approximate surface area is 158 Å². The third-order valence-corrected chi connectivity index (χ3v) is 4.73. The molecule has 0 spiro atoms. The van der Waals surface area contributed by atoms with Crippen LogP contribution in [0.1, 0.15) is 5.69 Å². The number of methoxy groups -OCH3 is 1. The molecule has 4 aromatic rings. The number of hydrogen-bond donors (Lipinski definition) is 1. The summed E-state index contributed by atoms with van der Waals surface area (Å²) in [5, 5.41) is 21.8. The molecule has 0 aliphatic heterocycles. The molecule has 1 N–H and O–H groups in total. The molecular formula is C18H15N5O3S. The summed E-state index contributed by atoms with van der Waals surface area (Å²) < 4.78 is 12.3. The molecule has 4 rings (SSSR count). The summed E-state index contributed by atoms with van der Waals surface area (Å²) in [5.41, 5.74) is 2.42. The maximum absolute atomic E-state index is 9.41. The van der Waals surface area contributed by atoms with E-state index in [1.165, 1.54) is 11.8 Å². The normalized spacial score (nSPS) is 10.9. The molecule has 0 saturated heterocycles. The zero-order valence-electron chi connectivity index (χ0n) is 14.3. The summed E-state index contributed by atoms with van der Waals surface area (Å²) in [6.07, 6.45) is 1.63. The lowest BCUT2D eigenvalue weighted by molar-refractivity contribution is 0.415. The van der Waals surface area contributed by atoms with Crippen LogP contribution in [0.25, 0.3) is 17.1 Å². The first-order chi connectivity index (χ1) is 13.2. The molecule has 0 radical (unpaired) electrons. The summed E-state index contributed by atoms with van der Waals surface area (Å²) in [7, 11) is 1.63. The number of hydrogen-bond acceptors (Lipinski definition) is 8. The van der Waals surface area contributed by atoms with Gasteiger partial charge in [0.25, 0.3) is 0 Å². The van der Waals surface area contributed by atoms with Crippen molar-refractivity contribution in [3.63, 3.8) is 0 Å². The monoisotopic (exact) mass is 381 g/mol. The van der Waals surface area contributed by atoms with Gasteiger partial charge in [-0.1, -0.05) is 11.8 Å². The predicted octanol–water partition coefficient (Wildman–Crippen LogP) is 3.32. The highest BCUT2D eigenvalue weighted by molar-refractivity contribution is 7.98. The second kappa shape index (κ2) is 7.50. The zero-order valence-corrected chi connectivity index (χ0v) is 15.1. The van der Waals surface area contributed by atoms with Crippen molar-refractivity contribution in [2.75, 3.05) is 7.11 Å². The van der Waals surface area contributed by atoms with E-state index in [2.05, 4.69) is 20.5 Å². The summed E-state index contributed by atoms with van der Waals surface area (Å²) in [5.74, 6) is 2.07. The summed E-state index contributed by atoms with van der Waals surface area (Å²) in [4.78, 5) is 4.51. The molecule has 0 amide bonds. The van der Waals surface area contributed by atoms with Gasteiger partial charge in [0.1, 0.15) is 17.8 Å². The number of phenols is 1. The molecule has 2 aromatic heterocycles. The van der Waals surface area contributed by atoms with Crippen LogP contribution in [0, 0.1) is 0 Å². The van der Waals surface area contributed by atoms with E-state index in [4.69, 9.17) is 9.15 Å². The van der Waals surface area contributed by atoms with E-state index in [9.17, 15) is 5.11 Å². The Morgan fingerprint density at radius 1 is 1.11 bits per heavy atom. The topological polar surface area (TPSA) is 99.1 Å². The molecule has 0 unspecified atom stereocenters. The molecule has 0 saturated carbocycles. The quantitative estimate of drug-likeness (QED) is 0.508. The number of aromatic nitrogens is 5. The Morgan fingerprint density at radius 2 is 1.89 bits per heavy atom. The minimum absolute atomic E-state index is 0.190. The summed E-state index contributed by atoms with van der Waals surface area (Å²) >= 11 is 1.44. The van der Waals surface area contributed by atoms with Crippen molar-refractivity contribution in [1.29, 1.82) is 0 Å². The maximum atomic E-state index is 9.41. The van der Waals surface area contributed by atoms with Crippen LogP contribution < -0.4 is 4.74 Å². The summed E-state index contributed by atoms with van der Waals surface area (Å²) in [6, 6.07) is 14.2. The lowest BCUT2D eigenvalue weighted by atomic mass is 10.2. The van der Waals surface area contributed by atoms with Gasteiger partial charge in [0.15, 0.2) is 0 Å². The van der Waals surface area contributed by atoms with Crippen LogP contribution in [-0.2, 0) is 5.75 Å². The van der Waals surface area contributed by atoms with Gasteiger partial charge in [-0.15, -0.1) is 5.10 Å². The van der Waals surface area contributed by atoms with Gasteiger partial charge in [0, 0.05) is 11.3 Å². The molecule has 136 valence electrons. The largest absolute Gasteiger partial charge is 0.508 e. The minimum atomic E-state index is 0.190. The highest BCUT2D eigenvalue weighted by atomic mass is 32.2. The summed E-state index contributed by atoms with van der Waals surface area (Å²) in [6.45, 7) is 0. The molecule has 9 heteroatoms. The van der Waals surface area contributed by atoms with Crippen LogP contribution >= 0.6 is 11.8 Å². The first kappa shape index (κ1) is 17.1. The van der Waals surface area contributed by atoms with E-state index >= 15 is 0 Å². The number of aromatic hydroxyl groups is 1. The van der Waals surface area contributed by atoms with Crippen LogP contribution in [0.15, 0.2) is 64.4 Å². The van der Waals surface area contributed by atoms with E-state index in [0.29, 0.717) is 16.8 Å². The SMILES string of the molecule is COc1ccc(-c2nc(CSc3nnnn3-c3ccc(O)cc3)co2)cc1. The molecule has 0 fully saturated rings. The average Bonchev–Trinajstić information content (AvgIpc) is 3.36. The second-order valence-corrected chi connectivity index (χ2v) is 6.49. The average molecular weight is 381 g/mol. The molecule has 2 aromatic carbocycles. The van der Waals surface area contributed by atoms with Crippen LogP contribution in [0.3, 0.4) is 0 Å². The molecule has 2 heterocycles. The fraction of sp³-hybridized carbons (Fsp3) is 0.111. The number of tetrazole rings is 1. The molecule has 0 bridgehead atoms. The Balaban J connectivity index is 1.46. The van der Waals surface area contributed by atoms with Crippen molar-refractivity contribution in [1.82, 2.24) is 25.2 Å². The molecule has 0 aliphatic rings. The number of ether oxygens (including phenoxy) is 1. The fourth-order valence-electron chi connectivity index (χ4n) is 2.40. The van der Waals surface area contributed by atoms with Crippen molar-refractivity contribution in [2.45, 2.75) is 10.9 Å². The van der Waals surface area contributed by atoms with Crippen molar-refractivity contribution >= 4 is 11.8 Å². The van der Waals surface area contributed by atoms with Gasteiger partial charge in [-0.2, -0.15) is 4.68 Å². The van der Waals surface area contributed by atoms with Gasteiger partial charge in [-0.25, -0.2) is 4.98 Å². The minimum Gasteiger partial charge on any atom is -0.508 e. The van der Waals surface area contributed by atoms with Gasteiger partial charge in [-0.3, -0.25) is 0 Å². The van der Waals surface area contributed by atoms with E-state index in [1.54, 1.807) is 42.3 Å². The van der Waals surface area contributed by atoms with Crippen molar-refractivity contribution in [2.24, 2.45) is 0 Å². The van der Waals surface area contributed by atoms with Crippen molar-refractivity contribution < 1.29 is 14.3 Å². The Morgan fingerprint density at radius 3 is 2.63 bits per heavy atom. The Bertz CT molecular complexity index is 1030. The first-order valence-corrected chi connectivity index (χ1v) is 9.01. The van der Waals surface area contributed by atoms with E-state index < -0.39 is 0 Å².